The summed E-state index contributed by atoms with van der Waals surface area (Å²) in [4.78, 5) is 52.7. The van der Waals surface area contributed by atoms with Crippen molar-refractivity contribution in [2.24, 2.45) is 5.92 Å². The number of anilines is 2. The van der Waals surface area contributed by atoms with E-state index < -0.39 is 120 Å². The summed E-state index contributed by atoms with van der Waals surface area (Å²) < 4.78 is 108. The number of Topliss-reactive ketones (excluding diaryl/α,β-unsaturated/α-hetero) is 1. The van der Waals surface area contributed by atoms with Gasteiger partial charge in [0.25, 0.3) is 0 Å². The molecule has 1 aliphatic rings. The van der Waals surface area contributed by atoms with Gasteiger partial charge in [0.15, 0.2) is 17.4 Å². The topological polar surface area (TPSA) is 102 Å². The highest BCUT2D eigenvalue weighted by Crippen LogP contribution is 2.65. The van der Waals surface area contributed by atoms with Crippen molar-refractivity contribution in [3.63, 3.8) is 0 Å². The first-order valence-corrected chi connectivity index (χ1v) is 16.6. The molecule has 3 amide bonds. The van der Waals surface area contributed by atoms with Gasteiger partial charge in [0.1, 0.15) is 32.9 Å². The number of carbonyl (C=O) groups excluding carboxylic acids is 4. The van der Waals surface area contributed by atoms with E-state index in [0.29, 0.717) is 24.3 Å². The quantitative estimate of drug-likeness (QED) is 0.145. The Bertz CT molecular complexity index is 1970. The summed E-state index contributed by atoms with van der Waals surface area (Å²) in [5, 5.41) is 1.49. The maximum atomic E-state index is 16.0. The monoisotopic (exact) mass is 812 g/mol. The number of hydrogen-bond acceptors (Lipinski definition) is 6. The van der Waals surface area contributed by atoms with Crippen LogP contribution >= 0.6 is 34.8 Å². The van der Waals surface area contributed by atoms with Crippen molar-refractivity contribution < 1.29 is 59.4 Å². The lowest BCUT2D eigenvalue weighted by Crippen LogP contribution is -2.44. The molecule has 286 valence electrons. The number of ketones is 1. The largest absolute Gasteiger partial charge is 0.443 e. The average molecular weight is 814 g/mol. The van der Waals surface area contributed by atoms with Gasteiger partial charge in [-0.05, 0) is 83.0 Å². The van der Waals surface area contributed by atoms with Crippen LogP contribution in [0.5, 0.6) is 0 Å². The standard InChI is InChI=1S/C35H30Cl3F7N2O6/c1-32(2,3)52-30(50)47(31(51)53-33(4,5)6)28-21(40)10-8-16(27(28)42)12-23(48)18-13-17(14-22(41)26(18)36)46-29(49)25-24(34(25,37)38)15-7-9-20(39)19(11-15)35(43,44)45/h7-11,13-14,24-25H,12H2,1-6H3,(H,46,49)/t24-,25+/m0/s1. The first-order chi connectivity index (χ1) is 24.1. The Morgan fingerprint density at radius 3 is 1.89 bits per heavy atom. The molecule has 8 nitrogen and oxygen atoms in total. The van der Waals surface area contributed by atoms with Crippen LogP contribution in [-0.4, -0.2) is 39.4 Å². The van der Waals surface area contributed by atoms with E-state index in [9.17, 15) is 41.1 Å². The van der Waals surface area contributed by atoms with Crippen LogP contribution in [0, 0.1) is 29.2 Å². The summed E-state index contributed by atoms with van der Waals surface area (Å²) in [7, 11) is 0. The van der Waals surface area contributed by atoms with Crippen molar-refractivity contribution in [2.45, 2.75) is 75.6 Å². The second-order valence-electron chi connectivity index (χ2n) is 13.9. The van der Waals surface area contributed by atoms with Crippen LogP contribution in [0.15, 0.2) is 42.5 Å². The second-order valence-corrected chi connectivity index (χ2v) is 15.8. The van der Waals surface area contributed by atoms with Gasteiger partial charge in [0, 0.05) is 23.6 Å². The summed E-state index contributed by atoms with van der Waals surface area (Å²) in [5.74, 6) is -10.5. The lowest BCUT2D eigenvalue weighted by molar-refractivity contribution is -0.140. The Hall–Kier alpha value is -4.08. The molecule has 3 aromatic carbocycles. The van der Waals surface area contributed by atoms with Crippen LogP contribution < -0.4 is 10.2 Å². The number of nitrogens with zero attached hydrogens (tertiary/aromatic N) is 1. The van der Waals surface area contributed by atoms with Crippen LogP contribution in [0.4, 0.5) is 51.7 Å². The Balaban J connectivity index is 1.63. The van der Waals surface area contributed by atoms with Crippen molar-refractivity contribution in [1.29, 1.82) is 0 Å². The fourth-order valence-electron chi connectivity index (χ4n) is 5.17. The number of nitrogens with one attached hydrogen (secondary N) is 1. The molecule has 1 saturated carbocycles. The van der Waals surface area contributed by atoms with E-state index in [-0.39, 0.29) is 10.5 Å². The summed E-state index contributed by atoms with van der Waals surface area (Å²) in [6, 6.07) is 5.08. The molecule has 0 spiro atoms. The van der Waals surface area contributed by atoms with Gasteiger partial charge in [-0.15, -0.1) is 23.2 Å². The van der Waals surface area contributed by atoms with Crippen LogP contribution in [0.3, 0.4) is 0 Å². The molecule has 0 saturated heterocycles. The van der Waals surface area contributed by atoms with Crippen molar-refractivity contribution in [1.82, 2.24) is 0 Å². The molecular weight excluding hydrogens is 784 g/mol. The minimum absolute atomic E-state index is 0.00721. The fraction of sp³-hybridized carbons (Fsp3) is 0.371. The first kappa shape index (κ1) is 41.7. The highest BCUT2D eigenvalue weighted by Gasteiger charge is 2.67. The molecule has 2 atom stereocenters. The predicted octanol–water partition coefficient (Wildman–Crippen LogP) is 10.5. The molecule has 0 bridgehead atoms. The highest BCUT2D eigenvalue weighted by atomic mass is 35.5. The van der Waals surface area contributed by atoms with E-state index in [1.54, 1.807) is 0 Å². The zero-order chi connectivity index (χ0) is 40.2. The number of rotatable bonds is 7. The van der Waals surface area contributed by atoms with Gasteiger partial charge in [-0.2, -0.15) is 18.1 Å². The summed E-state index contributed by atoms with van der Waals surface area (Å²) in [5.41, 5.74) is -7.09. The molecule has 1 aliphatic carbocycles. The number of carbonyl (C=O) groups is 4. The van der Waals surface area contributed by atoms with Gasteiger partial charge in [-0.3, -0.25) is 9.59 Å². The number of amides is 3. The third-order valence-corrected chi connectivity index (χ3v) is 8.79. The lowest BCUT2D eigenvalue weighted by Gasteiger charge is -2.29. The smallest absolute Gasteiger partial charge is 0.424 e. The normalized spacial score (nSPS) is 16.8. The maximum Gasteiger partial charge on any atom is 0.424 e. The molecule has 0 aliphatic heterocycles. The van der Waals surface area contributed by atoms with Crippen LogP contribution in [0.2, 0.25) is 5.02 Å². The third kappa shape index (κ3) is 9.36. The minimum atomic E-state index is -5.06. The molecule has 53 heavy (non-hydrogen) atoms. The van der Waals surface area contributed by atoms with Crippen molar-refractivity contribution in [2.75, 3.05) is 10.2 Å². The van der Waals surface area contributed by atoms with Crippen LogP contribution in [-0.2, 0) is 26.9 Å². The molecule has 0 heterocycles. The summed E-state index contributed by atoms with van der Waals surface area (Å²) in [6.45, 7) is 8.60. The average Bonchev–Trinajstić information content (AvgIpc) is 3.57. The Morgan fingerprint density at radius 2 is 1.36 bits per heavy atom. The second kappa shape index (κ2) is 14.6. The van der Waals surface area contributed by atoms with Gasteiger partial charge in [0.2, 0.25) is 5.91 Å². The van der Waals surface area contributed by atoms with E-state index in [0.717, 1.165) is 18.2 Å². The van der Waals surface area contributed by atoms with Gasteiger partial charge in [-0.25, -0.2) is 27.2 Å². The van der Waals surface area contributed by atoms with Crippen molar-refractivity contribution in [3.05, 3.63) is 93.0 Å². The van der Waals surface area contributed by atoms with Gasteiger partial charge in [-0.1, -0.05) is 23.7 Å². The fourth-order valence-corrected chi connectivity index (χ4v) is 6.21. The number of halogens is 10. The SMILES string of the molecule is CC(C)(C)OC(=O)N(C(=O)OC(C)(C)C)c1c(F)ccc(CC(=O)c2cc(NC(=O)[C@H]3[C@H](c4ccc(F)c(C(F)(F)F)c4)C3(Cl)Cl)cc(F)c2Cl)c1F. The molecule has 1 N–H and O–H groups in total. The molecule has 0 radical (unpaired) electrons. The molecular formula is C35H30Cl3F7N2O6. The number of alkyl halides is 5. The molecule has 18 heteroatoms. The lowest BCUT2D eigenvalue weighted by atomic mass is 10.0. The Labute approximate surface area is 313 Å². The number of ether oxygens (including phenoxy) is 2. The van der Waals surface area contributed by atoms with E-state index in [2.05, 4.69) is 5.32 Å². The number of hydrogen-bond donors (Lipinski definition) is 1. The summed E-state index contributed by atoms with van der Waals surface area (Å²) in [6.07, 6.45) is -9.02. The minimum Gasteiger partial charge on any atom is -0.443 e. The molecule has 4 rings (SSSR count). The zero-order valence-corrected chi connectivity index (χ0v) is 30.8. The van der Waals surface area contributed by atoms with E-state index in [1.165, 1.54) is 41.5 Å². The van der Waals surface area contributed by atoms with Gasteiger partial charge >= 0.3 is 18.4 Å². The van der Waals surface area contributed by atoms with Gasteiger partial charge < -0.3 is 14.8 Å². The Kier molecular flexibility index (Phi) is 11.5. The third-order valence-electron chi connectivity index (χ3n) is 7.46. The molecule has 3 aromatic rings. The maximum absolute atomic E-state index is 16.0. The number of benzene rings is 3. The predicted molar refractivity (Wildman–Crippen MR) is 181 cm³/mol. The van der Waals surface area contributed by atoms with Crippen molar-refractivity contribution >= 4 is 70.1 Å². The summed E-state index contributed by atoms with van der Waals surface area (Å²) >= 11 is 18.5. The zero-order valence-electron chi connectivity index (χ0n) is 28.6. The first-order valence-electron chi connectivity index (χ1n) is 15.4. The van der Waals surface area contributed by atoms with Crippen LogP contribution in [0.1, 0.15) is 74.5 Å². The Morgan fingerprint density at radius 1 is 0.811 bits per heavy atom. The molecule has 0 unspecified atom stereocenters. The molecule has 1 fully saturated rings. The van der Waals surface area contributed by atoms with E-state index in [1.807, 2.05) is 0 Å². The van der Waals surface area contributed by atoms with E-state index >= 15 is 8.78 Å². The van der Waals surface area contributed by atoms with E-state index in [4.69, 9.17) is 44.3 Å². The molecule has 0 aromatic heterocycles. The highest BCUT2D eigenvalue weighted by molar-refractivity contribution is 6.53. The number of imide groups is 1. The van der Waals surface area contributed by atoms with Gasteiger partial charge in [0.05, 0.1) is 16.5 Å². The van der Waals surface area contributed by atoms with Crippen molar-refractivity contribution in [3.8, 4) is 0 Å². The van der Waals surface area contributed by atoms with Crippen LogP contribution in [0.25, 0.3) is 0 Å².